The summed E-state index contributed by atoms with van der Waals surface area (Å²) in [6, 6.07) is 7.56. The zero-order valence-corrected chi connectivity index (χ0v) is 16.3. The zero-order chi connectivity index (χ0) is 21.0. The van der Waals surface area contributed by atoms with Gasteiger partial charge in [-0.15, -0.1) is 0 Å². The molecule has 3 rings (SSSR count). The van der Waals surface area contributed by atoms with Crippen molar-refractivity contribution in [1.29, 1.82) is 5.26 Å². The van der Waals surface area contributed by atoms with Crippen molar-refractivity contribution in [3.8, 4) is 11.8 Å². The molecule has 0 bridgehead atoms. The lowest BCUT2D eigenvalue weighted by molar-refractivity contribution is -0.137. The Morgan fingerprint density at radius 2 is 2.07 bits per heavy atom. The molecule has 1 atom stereocenters. The molecule has 1 aromatic heterocycles. The highest BCUT2D eigenvalue weighted by Gasteiger charge is 2.34. The Hall–Kier alpha value is -3.01. The third-order valence-electron chi connectivity index (χ3n) is 5.21. The third kappa shape index (κ3) is 4.53. The normalized spacial score (nSPS) is 16.7. The number of methoxy groups -OCH3 is 1. The van der Waals surface area contributed by atoms with Crippen LogP contribution >= 0.6 is 0 Å². The minimum Gasteiger partial charge on any atom is -0.495 e. The number of alkyl halides is 3. The third-order valence-corrected chi connectivity index (χ3v) is 5.21. The van der Waals surface area contributed by atoms with Crippen molar-refractivity contribution in [2.45, 2.75) is 38.4 Å². The molecule has 0 radical (unpaired) electrons. The van der Waals surface area contributed by atoms with Gasteiger partial charge in [0.1, 0.15) is 5.75 Å². The molecule has 0 fully saturated rings. The van der Waals surface area contributed by atoms with Crippen molar-refractivity contribution in [3.63, 3.8) is 0 Å². The molecular formula is C22H22F3N3O. The molecule has 7 heteroatoms. The molecule has 1 aliphatic rings. The van der Waals surface area contributed by atoms with E-state index in [2.05, 4.69) is 11.1 Å². The molecule has 1 unspecified atom stereocenters. The number of halogens is 3. The van der Waals surface area contributed by atoms with Crippen LogP contribution in [0.4, 0.5) is 18.9 Å². The van der Waals surface area contributed by atoms with Gasteiger partial charge < -0.3 is 9.64 Å². The first-order chi connectivity index (χ1) is 13.9. The van der Waals surface area contributed by atoms with Gasteiger partial charge in [0.25, 0.3) is 0 Å². The highest BCUT2D eigenvalue weighted by atomic mass is 19.4. The minimum atomic E-state index is -4.57. The number of rotatable bonds is 5. The summed E-state index contributed by atoms with van der Waals surface area (Å²) < 4.78 is 45.4. The second kappa shape index (κ2) is 8.56. The maximum absolute atomic E-state index is 13.4. The number of nitrogens with zero attached hydrogens (tertiary/aromatic N) is 3. The number of hydrogen-bond acceptors (Lipinski definition) is 4. The molecule has 0 amide bonds. The van der Waals surface area contributed by atoms with E-state index >= 15 is 0 Å². The molecule has 0 N–H and O–H groups in total. The molecule has 1 aliphatic carbocycles. The van der Waals surface area contributed by atoms with Gasteiger partial charge in [-0.2, -0.15) is 18.4 Å². The fourth-order valence-electron chi connectivity index (χ4n) is 3.79. The Balaban J connectivity index is 1.89. The molecule has 0 aliphatic heterocycles. The highest BCUT2D eigenvalue weighted by molar-refractivity contribution is 5.68. The summed E-state index contributed by atoms with van der Waals surface area (Å²) >= 11 is 0. The predicted molar refractivity (Wildman–Crippen MR) is 106 cm³/mol. The van der Waals surface area contributed by atoms with E-state index in [9.17, 15) is 13.2 Å². The lowest BCUT2D eigenvalue weighted by Crippen LogP contribution is -2.36. The summed E-state index contributed by atoms with van der Waals surface area (Å²) in [5.74, 6) is 0.666. The van der Waals surface area contributed by atoms with Gasteiger partial charge in [-0.25, -0.2) is 0 Å². The van der Waals surface area contributed by atoms with Gasteiger partial charge in [0.15, 0.2) is 0 Å². The van der Waals surface area contributed by atoms with Crippen molar-refractivity contribution in [3.05, 3.63) is 59.4 Å². The first kappa shape index (κ1) is 20.7. The first-order valence-corrected chi connectivity index (χ1v) is 9.43. The van der Waals surface area contributed by atoms with Crippen LogP contribution in [0.1, 0.15) is 42.9 Å². The number of benzene rings is 1. The maximum Gasteiger partial charge on any atom is 0.417 e. The van der Waals surface area contributed by atoms with E-state index in [0.29, 0.717) is 24.4 Å². The Morgan fingerprint density at radius 1 is 1.28 bits per heavy atom. The van der Waals surface area contributed by atoms with Gasteiger partial charge >= 0.3 is 6.18 Å². The van der Waals surface area contributed by atoms with Crippen molar-refractivity contribution < 1.29 is 17.9 Å². The van der Waals surface area contributed by atoms with Crippen LogP contribution in [-0.2, 0) is 6.18 Å². The molecule has 0 spiro atoms. The number of nitriles is 1. The molecule has 0 saturated heterocycles. The van der Waals surface area contributed by atoms with E-state index < -0.39 is 11.7 Å². The summed E-state index contributed by atoms with van der Waals surface area (Å²) in [4.78, 5) is 6.18. The Kier molecular flexibility index (Phi) is 6.12. The monoisotopic (exact) mass is 401 g/mol. The van der Waals surface area contributed by atoms with E-state index in [4.69, 9.17) is 10.00 Å². The van der Waals surface area contributed by atoms with Crippen molar-refractivity contribution >= 4 is 11.3 Å². The van der Waals surface area contributed by atoms with E-state index in [1.165, 1.54) is 6.07 Å². The van der Waals surface area contributed by atoms with Crippen LogP contribution in [0, 0.1) is 11.3 Å². The molecule has 4 nitrogen and oxygen atoms in total. The number of ether oxygens (including phenoxy) is 1. The molecular weight excluding hydrogens is 379 g/mol. The quantitative estimate of drug-likeness (QED) is 0.669. The Morgan fingerprint density at radius 3 is 2.72 bits per heavy atom. The van der Waals surface area contributed by atoms with E-state index in [1.807, 2.05) is 17.9 Å². The molecule has 2 aromatic rings. The second-order valence-corrected chi connectivity index (χ2v) is 6.90. The standard InChI is InChI=1S/C22H22F3N3O/c1-3-28(19-8-7-16(12-26)21(11-19)22(23,24)25)18-6-4-5-15(9-18)17-10-20(29-2)14-27-13-17/h5,7-8,10-11,13-14,18H,3-4,6,9H2,1-2H3. The molecule has 1 heterocycles. The lowest BCUT2D eigenvalue weighted by Gasteiger charge is -2.36. The van der Waals surface area contributed by atoms with Crippen LogP contribution < -0.4 is 9.64 Å². The summed E-state index contributed by atoms with van der Waals surface area (Å²) in [6.45, 7) is 2.49. The molecule has 152 valence electrons. The highest BCUT2D eigenvalue weighted by Crippen LogP contribution is 2.37. The van der Waals surface area contributed by atoms with Gasteiger partial charge in [0.2, 0.25) is 0 Å². The Bertz CT molecular complexity index is 947. The number of anilines is 1. The predicted octanol–water partition coefficient (Wildman–Crippen LogP) is 5.44. The summed E-state index contributed by atoms with van der Waals surface area (Å²) in [7, 11) is 1.58. The van der Waals surface area contributed by atoms with Crippen molar-refractivity contribution in [2.75, 3.05) is 18.6 Å². The van der Waals surface area contributed by atoms with Crippen LogP contribution in [0.2, 0.25) is 0 Å². The summed E-state index contributed by atoms with van der Waals surface area (Å²) in [5.41, 5.74) is 1.30. The molecule has 29 heavy (non-hydrogen) atoms. The lowest BCUT2D eigenvalue weighted by atomic mass is 9.89. The maximum atomic E-state index is 13.4. The van der Waals surface area contributed by atoms with Gasteiger partial charge in [0.05, 0.1) is 30.5 Å². The van der Waals surface area contributed by atoms with Crippen molar-refractivity contribution in [2.24, 2.45) is 0 Å². The van der Waals surface area contributed by atoms with Gasteiger partial charge in [-0.05, 0) is 61.6 Å². The first-order valence-electron chi connectivity index (χ1n) is 9.43. The fraction of sp³-hybridized carbons (Fsp3) is 0.364. The largest absolute Gasteiger partial charge is 0.495 e. The van der Waals surface area contributed by atoms with Crippen molar-refractivity contribution in [1.82, 2.24) is 4.98 Å². The summed E-state index contributed by atoms with van der Waals surface area (Å²) in [6.07, 6.45) is 3.37. The minimum absolute atomic E-state index is 0.0558. The molecule has 0 saturated carbocycles. The summed E-state index contributed by atoms with van der Waals surface area (Å²) in [5, 5.41) is 9.03. The average Bonchev–Trinajstić information content (AvgIpc) is 2.74. The smallest absolute Gasteiger partial charge is 0.417 e. The average molecular weight is 401 g/mol. The van der Waals surface area contributed by atoms with Gasteiger partial charge in [-0.1, -0.05) is 6.08 Å². The van der Waals surface area contributed by atoms with Crippen LogP contribution in [-0.4, -0.2) is 24.7 Å². The fourth-order valence-corrected chi connectivity index (χ4v) is 3.79. The number of aromatic nitrogens is 1. The number of allylic oxidation sites excluding steroid dienone is 1. The Labute approximate surface area is 168 Å². The van der Waals surface area contributed by atoms with Gasteiger partial charge in [0, 0.05) is 24.5 Å². The van der Waals surface area contributed by atoms with E-state index in [-0.39, 0.29) is 11.6 Å². The number of hydrogen-bond donors (Lipinski definition) is 0. The van der Waals surface area contributed by atoms with E-state index in [0.717, 1.165) is 30.0 Å². The van der Waals surface area contributed by atoms with Crippen LogP contribution in [0.5, 0.6) is 5.75 Å². The molecule has 1 aromatic carbocycles. The number of pyridine rings is 1. The SMILES string of the molecule is CCN(c1ccc(C#N)c(C(F)(F)F)c1)C1CCC=C(c2cncc(OC)c2)C1. The second-order valence-electron chi connectivity index (χ2n) is 6.90. The van der Waals surface area contributed by atoms with Crippen LogP contribution in [0.15, 0.2) is 42.7 Å². The van der Waals surface area contributed by atoms with Crippen LogP contribution in [0.3, 0.4) is 0 Å². The van der Waals surface area contributed by atoms with E-state index in [1.54, 1.807) is 31.6 Å². The van der Waals surface area contributed by atoms with Gasteiger partial charge in [-0.3, -0.25) is 4.98 Å². The topological polar surface area (TPSA) is 49.2 Å². The van der Waals surface area contributed by atoms with Crippen LogP contribution in [0.25, 0.3) is 5.57 Å². The zero-order valence-electron chi connectivity index (χ0n) is 16.3.